The highest BCUT2D eigenvalue weighted by atomic mass is 16.3. The number of phenols is 2. The zero-order chi connectivity index (χ0) is 11.7. The van der Waals surface area contributed by atoms with Crippen LogP contribution >= 0.6 is 0 Å². The largest absolute Gasteiger partial charge is 0.508 e. The Morgan fingerprint density at radius 2 is 2.06 bits per heavy atom. The van der Waals surface area contributed by atoms with Crippen molar-refractivity contribution in [2.24, 2.45) is 0 Å². The molecule has 0 aromatic heterocycles. The van der Waals surface area contributed by atoms with Crippen molar-refractivity contribution in [1.82, 2.24) is 4.90 Å². The average molecular weight is 221 g/mol. The van der Waals surface area contributed by atoms with E-state index in [0.717, 1.165) is 19.3 Å². The lowest BCUT2D eigenvalue weighted by molar-refractivity contribution is 0.0648. The molecule has 86 valence electrons. The van der Waals surface area contributed by atoms with E-state index < -0.39 is 0 Å². The van der Waals surface area contributed by atoms with Crippen molar-refractivity contribution >= 4 is 5.91 Å². The second kappa shape index (κ2) is 4.04. The number of carbonyl (C=O) groups is 1. The van der Waals surface area contributed by atoms with Gasteiger partial charge in [0.2, 0.25) is 0 Å². The summed E-state index contributed by atoms with van der Waals surface area (Å²) in [5, 5.41) is 18.9. The van der Waals surface area contributed by atoms with Crippen LogP contribution in [0.15, 0.2) is 18.2 Å². The summed E-state index contributed by atoms with van der Waals surface area (Å²) in [5.41, 5.74) is 0.161. The second-order valence-corrected chi connectivity index (χ2v) is 4.20. The molecule has 1 aliphatic carbocycles. The number of rotatable bonds is 2. The molecule has 0 radical (unpaired) electrons. The SMILES string of the molecule is CN(C(=O)c1cc(O)ccc1O)C1CCC1. The minimum absolute atomic E-state index is 0.0110. The molecule has 4 heteroatoms. The maximum atomic E-state index is 12.0. The second-order valence-electron chi connectivity index (χ2n) is 4.20. The Morgan fingerprint density at radius 1 is 1.38 bits per heavy atom. The summed E-state index contributed by atoms with van der Waals surface area (Å²) in [6, 6.07) is 4.26. The Labute approximate surface area is 94.1 Å². The van der Waals surface area contributed by atoms with Gasteiger partial charge in [-0.1, -0.05) is 0 Å². The number of hydrogen-bond donors (Lipinski definition) is 2. The van der Waals surface area contributed by atoms with Crippen molar-refractivity contribution in [3.8, 4) is 11.5 Å². The summed E-state index contributed by atoms with van der Waals surface area (Å²) in [5.74, 6) is -0.338. The maximum absolute atomic E-state index is 12.0. The molecule has 2 rings (SSSR count). The predicted molar refractivity (Wildman–Crippen MR) is 59.5 cm³/mol. The van der Waals surface area contributed by atoms with Crippen molar-refractivity contribution in [3.05, 3.63) is 23.8 Å². The lowest BCUT2D eigenvalue weighted by atomic mass is 9.91. The van der Waals surface area contributed by atoms with E-state index >= 15 is 0 Å². The quantitative estimate of drug-likeness (QED) is 0.747. The van der Waals surface area contributed by atoms with Gasteiger partial charge in [-0.25, -0.2) is 0 Å². The van der Waals surface area contributed by atoms with Gasteiger partial charge < -0.3 is 15.1 Å². The molecule has 0 unspecified atom stereocenters. The highest BCUT2D eigenvalue weighted by molar-refractivity contribution is 5.97. The third-order valence-corrected chi connectivity index (χ3v) is 3.15. The van der Waals surface area contributed by atoms with Gasteiger partial charge in [-0.05, 0) is 37.5 Å². The number of amides is 1. The average Bonchev–Trinajstić information content (AvgIpc) is 2.18. The minimum atomic E-state index is -0.238. The number of phenolic OH excluding ortho intramolecular Hbond substituents is 2. The Morgan fingerprint density at radius 3 is 2.62 bits per heavy atom. The van der Waals surface area contributed by atoms with Crippen LogP contribution in [0.2, 0.25) is 0 Å². The molecule has 1 aromatic rings. The Hall–Kier alpha value is -1.71. The molecule has 1 amide bonds. The van der Waals surface area contributed by atoms with Gasteiger partial charge in [0.05, 0.1) is 5.56 Å². The van der Waals surface area contributed by atoms with Crippen molar-refractivity contribution in [2.45, 2.75) is 25.3 Å². The lowest BCUT2D eigenvalue weighted by Crippen LogP contribution is -2.41. The summed E-state index contributed by atoms with van der Waals surface area (Å²) in [7, 11) is 1.73. The van der Waals surface area contributed by atoms with Crippen LogP contribution in [0.5, 0.6) is 11.5 Å². The predicted octanol–water partition coefficient (Wildman–Crippen LogP) is 1.72. The van der Waals surface area contributed by atoms with Gasteiger partial charge in [0.15, 0.2) is 0 Å². The summed E-state index contributed by atoms with van der Waals surface area (Å²) in [6.07, 6.45) is 3.18. The van der Waals surface area contributed by atoms with Crippen molar-refractivity contribution in [2.75, 3.05) is 7.05 Å². The fraction of sp³-hybridized carbons (Fsp3) is 0.417. The molecule has 2 N–H and O–H groups in total. The molecule has 0 atom stereocenters. The molecule has 1 fully saturated rings. The van der Waals surface area contributed by atoms with Crippen LogP contribution < -0.4 is 0 Å². The molecule has 0 heterocycles. The molecule has 1 aliphatic rings. The standard InChI is InChI=1S/C12H15NO3/c1-13(8-3-2-4-8)12(16)10-7-9(14)5-6-11(10)15/h5-8,14-15H,2-4H2,1H3. The molecule has 0 bridgehead atoms. The molecule has 16 heavy (non-hydrogen) atoms. The number of carbonyl (C=O) groups excluding carboxylic acids is 1. The fourth-order valence-corrected chi connectivity index (χ4v) is 1.83. The zero-order valence-corrected chi connectivity index (χ0v) is 9.18. The van der Waals surface area contributed by atoms with Gasteiger partial charge in [-0.15, -0.1) is 0 Å². The number of aromatic hydroxyl groups is 2. The summed E-state index contributed by atoms with van der Waals surface area (Å²) in [6.45, 7) is 0. The third-order valence-electron chi connectivity index (χ3n) is 3.15. The van der Waals surface area contributed by atoms with Gasteiger partial charge in [-0.2, -0.15) is 0 Å². The van der Waals surface area contributed by atoms with Crippen LogP contribution in [0.3, 0.4) is 0 Å². The minimum Gasteiger partial charge on any atom is -0.508 e. The first kappa shape index (κ1) is 10.8. The molecule has 0 spiro atoms. The van der Waals surface area contributed by atoms with Gasteiger partial charge in [-0.3, -0.25) is 4.79 Å². The first-order valence-corrected chi connectivity index (χ1v) is 5.38. The van der Waals surface area contributed by atoms with Crippen molar-refractivity contribution in [3.63, 3.8) is 0 Å². The van der Waals surface area contributed by atoms with E-state index in [1.54, 1.807) is 11.9 Å². The molecule has 4 nitrogen and oxygen atoms in total. The van der Waals surface area contributed by atoms with Gasteiger partial charge in [0, 0.05) is 13.1 Å². The number of benzene rings is 1. The Kier molecular flexibility index (Phi) is 2.73. The van der Waals surface area contributed by atoms with Crippen LogP contribution in [-0.2, 0) is 0 Å². The lowest BCUT2D eigenvalue weighted by Gasteiger charge is -2.34. The molecule has 1 saturated carbocycles. The first-order chi connectivity index (χ1) is 7.59. The third kappa shape index (κ3) is 1.83. The summed E-state index contributed by atoms with van der Waals surface area (Å²) < 4.78 is 0. The molecule has 0 saturated heterocycles. The van der Waals surface area contributed by atoms with Crippen LogP contribution in [0.25, 0.3) is 0 Å². The van der Waals surface area contributed by atoms with E-state index in [2.05, 4.69) is 0 Å². The fourth-order valence-electron chi connectivity index (χ4n) is 1.83. The van der Waals surface area contributed by atoms with E-state index in [0.29, 0.717) is 0 Å². The first-order valence-electron chi connectivity index (χ1n) is 5.38. The topological polar surface area (TPSA) is 60.8 Å². The van der Waals surface area contributed by atoms with Gasteiger partial charge >= 0.3 is 0 Å². The normalized spacial score (nSPS) is 15.6. The molecular formula is C12H15NO3. The number of hydrogen-bond acceptors (Lipinski definition) is 3. The number of nitrogens with zero attached hydrogens (tertiary/aromatic N) is 1. The van der Waals surface area contributed by atoms with E-state index in [-0.39, 0.29) is 29.0 Å². The molecular weight excluding hydrogens is 206 g/mol. The maximum Gasteiger partial charge on any atom is 0.257 e. The van der Waals surface area contributed by atoms with Crippen LogP contribution in [0, 0.1) is 0 Å². The Bertz CT molecular complexity index is 413. The van der Waals surface area contributed by atoms with E-state index in [9.17, 15) is 15.0 Å². The smallest absolute Gasteiger partial charge is 0.257 e. The van der Waals surface area contributed by atoms with E-state index in [1.807, 2.05) is 0 Å². The highest BCUT2D eigenvalue weighted by Crippen LogP contribution is 2.28. The Balaban J connectivity index is 2.22. The monoisotopic (exact) mass is 221 g/mol. The van der Waals surface area contributed by atoms with Crippen LogP contribution in [0.4, 0.5) is 0 Å². The zero-order valence-electron chi connectivity index (χ0n) is 9.18. The van der Waals surface area contributed by atoms with Crippen molar-refractivity contribution < 1.29 is 15.0 Å². The van der Waals surface area contributed by atoms with Crippen LogP contribution in [0.1, 0.15) is 29.6 Å². The van der Waals surface area contributed by atoms with Gasteiger partial charge in [0.1, 0.15) is 11.5 Å². The van der Waals surface area contributed by atoms with Crippen LogP contribution in [-0.4, -0.2) is 34.1 Å². The van der Waals surface area contributed by atoms with E-state index in [4.69, 9.17) is 0 Å². The summed E-state index contributed by atoms with van der Waals surface area (Å²) in [4.78, 5) is 13.6. The van der Waals surface area contributed by atoms with E-state index in [1.165, 1.54) is 18.2 Å². The van der Waals surface area contributed by atoms with Gasteiger partial charge in [0.25, 0.3) is 5.91 Å². The van der Waals surface area contributed by atoms with Crippen molar-refractivity contribution in [1.29, 1.82) is 0 Å². The summed E-state index contributed by atoms with van der Waals surface area (Å²) >= 11 is 0. The molecule has 1 aromatic carbocycles. The highest BCUT2D eigenvalue weighted by Gasteiger charge is 2.27. The molecule has 0 aliphatic heterocycles.